The van der Waals surface area contributed by atoms with E-state index in [1.54, 1.807) is 24.8 Å². The van der Waals surface area contributed by atoms with E-state index in [0.717, 1.165) is 36.2 Å². The van der Waals surface area contributed by atoms with Gasteiger partial charge in [-0.1, -0.05) is 0 Å². The van der Waals surface area contributed by atoms with Crippen LogP contribution in [0, 0.1) is 6.92 Å². The molecule has 1 aliphatic heterocycles. The Labute approximate surface area is 127 Å². The van der Waals surface area contributed by atoms with Gasteiger partial charge in [0.1, 0.15) is 11.6 Å². The van der Waals surface area contributed by atoms with Crippen molar-refractivity contribution in [1.82, 2.24) is 29.5 Å². The van der Waals surface area contributed by atoms with E-state index in [9.17, 15) is 0 Å². The second-order valence-electron chi connectivity index (χ2n) is 5.42. The Bertz CT molecular complexity index is 793. The van der Waals surface area contributed by atoms with E-state index in [-0.39, 0.29) is 0 Å². The monoisotopic (exact) mass is 296 g/mol. The molecule has 0 atom stereocenters. The minimum atomic E-state index is 0.373. The Kier molecular flexibility index (Phi) is 2.88. The Hall–Kier alpha value is -2.77. The summed E-state index contributed by atoms with van der Waals surface area (Å²) in [6, 6.07) is 0.373. The number of fused-ring (bicyclic) bond motifs is 1. The van der Waals surface area contributed by atoms with Crippen LogP contribution in [0.4, 0.5) is 11.6 Å². The highest BCUT2D eigenvalue weighted by molar-refractivity contribution is 5.64. The highest BCUT2D eigenvalue weighted by Gasteiger charge is 2.32. The fourth-order valence-corrected chi connectivity index (χ4v) is 2.69. The van der Waals surface area contributed by atoms with Crippen molar-refractivity contribution in [3.63, 3.8) is 0 Å². The quantitative estimate of drug-likeness (QED) is 0.698. The SMILES string of the molecule is Cc1nnc2c(N(C)C3CN(c4cnccn4)C3)nccn12. The van der Waals surface area contributed by atoms with Crippen molar-refractivity contribution in [3.8, 4) is 0 Å². The molecule has 0 saturated carbocycles. The molecule has 3 aromatic rings. The molecule has 0 bridgehead atoms. The molecular weight excluding hydrogens is 280 g/mol. The van der Waals surface area contributed by atoms with E-state index in [0.29, 0.717) is 6.04 Å². The van der Waals surface area contributed by atoms with Crippen LogP contribution in [0.3, 0.4) is 0 Å². The molecule has 0 aromatic carbocycles. The third kappa shape index (κ3) is 1.95. The summed E-state index contributed by atoms with van der Waals surface area (Å²) in [4.78, 5) is 17.3. The lowest BCUT2D eigenvalue weighted by Gasteiger charge is -2.44. The van der Waals surface area contributed by atoms with E-state index in [4.69, 9.17) is 0 Å². The first-order valence-corrected chi connectivity index (χ1v) is 7.14. The maximum absolute atomic E-state index is 4.48. The molecule has 8 heteroatoms. The molecule has 8 nitrogen and oxygen atoms in total. The van der Waals surface area contributed by atoms with Gasteiger partial charge in [-0.25, -0.2) is 9.97 Å². The minimum absolute atomic E-state index is 0.373. The summed E-state index contributed by atoms with van der Waals surface area (Å²) < 4.78 is 1.96. The van der Waals surface area contributed by atoms with Crippen LogP contribution in [0.25, 0.3) is 5.65 Å². The molecule has 4 rings (SSSR count). The molecule has 0 aliphatic carbocycles. The van der Waals surface area contributed by atoms with Crippen LogP contribution in [0.5, 0.6) is 0 Å². The van der Waals surface area contributed by atoms with Gasteiger partial charge in [-0.2, -0.15) is 0 Å². The van der Waals surface area contributed by atoms with Gasteiger partial charge in [0.15, 0.2) is 5.82 Å². The third-order valence-electron chi connectivity index (χ3n) is 4.10. The number of likely N-dealkylation sites (N-methyl/N-ethyl adjacent to an activating group) is 1. The zero-order valence-electron chi connectivity index (χ0n) is 12.5. The van der Waals surface area contributed by atoms with Gasteiger partial charge >= 0.3 is 0 Å². The van der Waals surface area contributed by atoms with E-state index in [1.165, 1.54) is 0 Å². The van der Waals surface area contributed by atoms with E-state index >= 15 is 0 Å². The second-order valence-corrected chi connectivity index (χ2v) is 5.42. The van der Waals surface area contributed by atoms with Crippen LogP contribution in [0.2, 0.25) is 0 Å². The first-order chi connectivity index (χ1) is 10.7. The number of hydrogen-bond donors (Lipinski definition) is 0. The van der Waals surface area contributed by atoms with Crippen molar-refractivity contribution >= 4 is 17.3 Å². The van der Waals surface area contributed by atoms with Crippen molar-refractivity contribution < 1.29 is 0 Å². The number of hydrogen-bond acceptors (Lipinski definition) is 7. The van der Waals surface area contributed by atoms with Crippen LogP contribution in [0.15, 0.2) is 31.0 Å². The summed E-state index contributed by atoms with van der Waals surface area (Å²) >= 11 is 0. The number of anilines is 2. The molecule has 0 N–H and O–H groups in total. The summed E-state index contributed by atoms with van der Waals surface area (Å²) in [5.74, 6) is 2.63. The van der Waals surface area contributed by atoms with Gasteiger partial charge in [-0.05, 0) is 6.92 Å². The molecule has 22 heavy (non-hydrogen) atoms. The average Bonchev–Trinajstić information content (AvgIpc) is 2.88. The smallest absolute Gasteiger partial charge is 0.203 e. The fourth-order valence-electron chi connectivity index (χ4n) is 2.69. The van der Waals surface area contributed by atoms with Gasteiger partial charge in [0.2, 0.25) is 5.65 Å². The van der Waals surface area contributed by atoms with Crippen LogP contribution in [0.1, 0.15) is 5.82 Å². The molecule has 1 aliphatic rings. The molecule has 3 aromatic heterocycles. The van der Waals surface area contributed by atoms with E-state index in [1.807, 2.05) is 24.6 Å². The molecule has 1 saturated heterocycles. The van der Waals surface area contributed by atoms with Gasteiger partial charge in [-0.15, -0.1) is 10.2 Å². The Morgan fingerprint density at radius 3 is 2.77 bits per heavy atom. The maximum atomic E-state index is 4.48. The zero-order chi connectivity index (χ0) is 15.1. The topological polar surface area (TPSA) is 75.3 Å². The predicted octanol–water partition coefficient (Wildman–Crippen LogP) is 0.548. The van der Waals surface area contributed by atoms with Gasteiger partial charge in [0.25, 0.3) is 0 Å². The van der Waals surface area contributed by atoms with Gasteiger partial charge in [-0.3, -0.25) is 9.38 Å². The minimum Gasteiger partial charge on any atom is -0.351 e. The first kappa shape index (κ1) is 12.9. The van der Waals surface area contributed by atoms with Gasteiger partial charge in [0, 0.05) is 44.9 Å². The van der Waals surface area contributed by atoms with Crippen LogP contribution in [-0.4, -0.2) is 55.7 Å². The lowest BCUT2D eigenvalue weighted by atomic mass is 10.1. The second kappa shape index (κ2) is 4.90. The lowest BCUT2D eigenvalue weighted by Crippen LogP contribution is -2.59. The van der Waals surface area contributed by atoms with E-state index in [2.05, 4.69) is 34.9 Å². The lowest BCUT2D eigenvalue weighted by molar-refractivity contribution is 0.489. The molecule has 112 valence electrons. The van der Waals surface area contributed by atoms with Gasteiger partial charge < -0.3 is 9.80 Å². The van der Waals surface area contributed by atoms with Gasteiger partial charge in [0.05, 0.1) is 12.2 Å². The average molecular weight is 296 g/mol. The van der Waals surface area contributed by atoms with Crippen molar-refractivity contribution in [1.29, 1.82) is 0 Å². The number of rotatable bonds is 3. The van der Waals surface area contributed by atoms with Crippen LogP contribution >= 0.6 is 0 Å². The highest BCUT2D eigenvalue weighted by atomic mass is 15.4. The molecule has 0 amide bonds. The number of aryl methyl sites for hydroxylation is 1. The Morgan fingerprint density at radius 2 is 2.00 bits per heavy atom. The molecule has 0 spiro atoms. The third-order valence-corrected chi connectivity index (χ3v) is 4.10. The van der Waals surface area contributed by atoms with Crippen LogP contribution in [-0.2, 0) is 0 Å². The predicted molar refractivity (Wildman–Crippen MR) is 82.0 cm³/mol. The largest absolute Gasteiger partial charge is 0.351 e. The standard InChI is InChI=1S/C14H16N8/c1-10-18-19-14-13(17-5-6-22(10)14)20(2)11-8-21(9-11)12-7-15-3-4-16-12/h3-7,11H,8-9H2,1-2H3. The van der Waals surface area contributed by atoms with Crippen LogP contribution < -0.4 is 9.80 Å². The van der Waals surface area contributed by atoms with Crippen molar-refractivity contribution in [2.75, 3.05) is 29.9 Å². The molecule has 1 fully saturated rings. The zero-order valence-corrected chi connectivity index (χ0v) is 12.5. The number of aromatic nitrogens is 6. The van der Waals surface area contributed by atoms with E-state index < -0.39 is 0 Å². The summed E-state index contributed by atoms with van der Waals surface area (Å²) in [6.45, 7) is 3.72. The van der Waals surface area contributed by atoms with Crippen molar-refractivity contribution in [2.45, 2.75) is 13.0 Å². The molecular formula is C14H16N8. The van der Waals surface area contributed by atoms with Crippen molar-refractivity contribution in [3.05, 3.63) is 36.8 Å². The Balaban J connectivity index is 1.54. The molecule has 0 unspecified atom stereocenters. The first-order valence-electron chi connectivity index (χ1n) is 7.14. The maximum Gasteiger partial charge on any atom is 0.203 e. The summed E-state index contributed by atoms with van der Waals surface area (Å²) in [5.41, 5.74) is 0.792. The molecule has 0 radical (unpaired) electrons. The summed E-state index contributed by atoms with van der Waals surface area (Å²) in [6.07, 6.45) is 8.86. The molecule has 4 heterocycles. The fraction of sp³-hybridized carbons (Fsp3) is 0.357. The van der Waals surface area contributed by atoms with Crippen molar-refractivity contribution in [2.24, 2.45) is 0 Å². The normalized spacial score (nSPS) is 15.1. The summed E-state index contributed by atoms with van der Waals surface area (Å²) in [5, 5.41) is 8.35. The number of nitrogens with zero attached hydrogens (tertiary/aromatic N) is 8. The Morgan fingerprint density at radius 1 is 1.14 bits per heavy atom. The highest BCUT2D eigenvalue weighted by Crippen LogP contribution is 2.25. The summed E-state index contributed by atoms with van der Waals surface area (Å²) in [7, 11) is 2.05.